The molecular formula is C15H17FN4O3S. The van der Waals surface area contributed by atoms with Crippen LogP contribution >= 0.6 is 11.3 Å². The summed E-state index contributed by atoms with van der Waals surface area (Å²) in [7, 11) is 1.39. The first-order chi connectivity index (χ1) is 11.5. The van der Waals surface area contributed by atoms with E-state index >= 15 is 0 Å². The van der Waals surface area contributed by atoms with Crippen molar-refractivity contribution < 1.29 is 18.7 Å². The van der Waals surface area contributed by atoms with E-state index in [1.165, 1.54) is 36.1 Å². The number of anilines is 1. The van der Waals surface area contributed by atoms with Gasteiger partial charge in [-0.2, -0.15) is 0 Å². The number of methoxy groups -OCH3 is 1. The van der Waals surface area contributed by atoms with Crippen LogP contribution in [0.4, 0.5) is 9.52 Å². The van der Waals surface area contributed by atoms with E-state index in [4.69, 9.17) is 4.74 Å². The molecule has 1 aromatic carbocycles. The minimum atomic E-state index is -0.493. The maximum atomic E-state index is 13.7. The molecule has 24 heavy (non-hydrogen) atoms. The van der Waals surface area contributed by atoms with Gasteiger partial charge in [-0.3, -0.25) is 9.59 Å². The lowest BCUT2D eigenvalue weighted by Gasteiger charge is -2.15. The van der Waals surface area contributed by atoms with Crippen LogP contribution in [0.25, 0.3) is 0 Å². The second-order valence-corrected chi connectivity index (χ2v) is 5.81. The van der Waals surface area contributed by atoms with Gasteiger partial charge in [0.25, 0.3) is 0 Å². The van der Waals surface area contributed by atoms with Crippen LogP contribution in [0.2, 0.25) is 0 Å². The van der Waals surface area contributed by atoms with Crippen LogP contribution in [0.5, 0.6) is 5.75 Å². The lowest BCUT2D eigenvalue weighted by atomic mass is 10.1. The molecule has 0 saturated heterocycles. The first-order valence-electron chi connectivity index (χ1n) is 7.18. The van der Waals surface area contributed by atoms with Crippen molar-refractivity contribution in [2.45, 2.75) is 25.8 Å². The largest absolute Gasteiger partial charge is 0.494 e. The van der Waals surface area contributed by atoms with Gasteiger partial charge in [-0.05, 0) is 24.6 Å². The number of nitrogens with zero attached hydrogens (tertiary/aromatic N) is 2. The Morgan fingerprint density at radius 1 is 1.33 bits per heavy atom. The average Bonchev–Trinajstić information content (AvgIpc) is 3.05. The van der Waals surface area contributed by atoms with Crippen LogP contribution in [-0.4, -0.2) is 29.1 Å². The van der Waals surface area contributed by atoms with Gasteiger partial charge in [0, 0.05) is 12.8 Å². The second-order valence-electron chi connectivity index (χ2n) is 4.98. The zero-order chi connectivity index (χ0) is 17.5. The van der Waals surface area contributed by atoms with Crippen molar-refractivity contribution in [1.29, 1.82) is 0 Å². The first-order valence-corrected chi connectivity index (χ1v) is 8.06. The molecule has 128 valence electrons. The maximum absolute atomic E-state index is 13.7. The molecule has 0 saturated carbocycles. The predicted octanol–water partition coefficient (Wildman–Crippen LogP) is 2.28. The fourth-order valence-corrected chi connectivity index (χ4v) is 2.45. The summed E-state index contributed by atoms with van der Waals surface area (Å²) in [6.45, 7) is 1.74. The molecule has 0 aliphatic heterocycles. The molecule has 7 nitrogen and oxygen atoms in total. The molecule has 0 aliphatic rings. The third kappa shape index (κ3) is 4.98. The topological polar surface area (TPSA) is 93.2 Å². The lowest BCUT2D eigenvalue weighted by Crippen LogP contribution is -2.27. The molecule has 1 heterocycles. The number of hydrogen-bond acceptors (Lipinski definition) is 6. The van der Waals surface area contributed by atoms with E-state index in [2.05, 4.69) is 20.8 Å². The molecule has 0 bridgehead atoms. The smallest absolute Gasteiger partial charge is 0.226 e. The van der Waals surface area contributed by atoms with Gasteiger partial charge in [0.1, 0.15) is 5.51 Å². The molecule has 2 N–H and O–H groups in total. The van der Waals surface area contributed by atoms with E-state index in [1.54, 1.807) is 13.0 Å². The van der Waals surface area contributed by atoms with Gasteiger partial charge in [0.05, 0.1) is 13.2 Å². The Labute approximate surface area is 142 Å². The van der Waals surface area contributed by atoms with Gasteiger partial charge in [-0.15, -0.1) is 10.2 Å². The van der Waals surface area contributed by atoms with E-state index in [0.717, 1.165) is 0 Å². The predicted molar refractivity (Wildman–Crippen MR) is 87.3 cm³/mol. The molecule has 0 spiro atoms. The molecule has 2 amide bonds. The number of hydrogen-bond donors (Lipinski definition) is 2. The molecule has 0 fully saturated rings. The molecule has 1 aromatic heterocycles. The number of carbonyl (C=O) groups is 2. The molecule has 0 aliphatic carbocycles. The van der Waals surface area contributed by atoms with Gasteiger partial charge >= 0.3 is 0 Å². The third-order valence-electron chi connectivity index (χ3n) is 3.24. The number of rotatable bonds is 7. The maximum Gasteiger partial charge on any atom is 0.226 e. The Hall–Kier alpha value is -2.55. The number of carbonyl (C=O) groups excluding carboxylic acids is 2. The van der Waals surface area contributed by atoms with Crippen LogP contribution in [0.1, 0.15) is 31.4 Å². The Morgan fingerprint density at radius 3 is 2.71 bits per heavy atom. The van der Waals surface area contributed by atoms with Crippen molar-refractivity contribution in [1.82, 2.24) is 15.5 Å². The summed E-state index contributed by atoms with van der Waals surface area (Å²) >= 11 is 1.20. The van der Waals surface area contributed by atoms with Crippen molar-refractivity contribution in [3.05, 3.63) is 35.1 Å². The van der Waals surface area contributed by atoms with Gasteiger partial charge in [0.15, 0.2) is 11.6 Å². The van der Waals surface area contributed by atoms with Crippen molar-refractivity contribution in [2.75, 3.05) is 12.4 Å². The minimum absolute atomic E-state index is 0.0214. The summed E-state index contributed by atoms with van der Waals surface area (Å²) in [5, 5.41) is 12.9. The quantitative estimate of drug-likeness (QED) is 0.797. The summed E-state index contributed by atoms with van der Waals surface area (Å²) in [6, 6.07) is 4.10. The van der Waals surface area contributed by atoms with E-state index < -0.39 is 5.82 Å². The minimum Gasteiger partial charge on any atom is -0.494 e. The summed E-state index contributed by atoms with van der Waals surface area (Å²) in [5.41, 5.74) is 2.11. The van der Waals surface area contributed by atoms with Crippen LogP contribution in [0.3, 0.4) is 0 Å². The Morgan fingerprint density at radius 2 is 2.08 bits per heavy atom. The molecular weight excluding hydrogens is 335 g/mol. The van der Waals surface area contributed by atoms with Crippen LogP contribution in [0.15, 0.2) is 23.7 Å². The normalized spacial score (nSPS) is 11.6. The van der Waals surface area contributed by atoms with Gasteiger partial charge in [-0.1, -0.05) is 17.4 Å². The van der Waals surface area contributed by atoms with Gasteiger partial charge in [0.2, 0.25) is 16.9 Å². The number of amides is 2. The van der Waals surface area contributed by atoms with Crippen LogP contribution in [0, 0.1) is 5.82 Å². The summed E-state index contributed by atoms with van der Waals surface area (Å²) in [6.07, 6.45) is 0.0444. The number of halogens is 1. The van der Waals surface area contributed by atoms with E-state index in [1.807, 2.05) is 0 Å². The fourth-order valence-electron chi connectivity index (χ4n) is 1.99. The van der Waals surface area contributed by atoms with Gasteiger partial charge < -0.3 is 15.4 Å². The Kier molecular flexibility index (Phi) is 6.19. The highest BCUT2D eigenvalue weighted by atomic mass is 32.1. The van der Waals surface area contributed by atoms with E-state index in [-0.39, 0.29) is 36.4 Å². The molecule has 0 radical (unpaired) electrons. The van der Waals surface area contributed by atoms with E-state index in [0.29, 0.717) is 10.7 Å². The third-order valence-corrected chi connectivity index (χ3v) is 3.85. The SMILES string of the molecule is COc1ccc(C(C)NC(=O)CCC(=O)Nc2nncs2)cc1F. The van der Waals surface area contributed by atoms with E-state index in [9.17, 15) is 14.0 Å². The van der Waals surface area contributed by atoms with Crippen molar-refractivity contribution in [3.8, 4) is 5.75 Å². The average molecular weight is 352 g/mol. The first kappa shape index (κ1) is 17.8. The zero-order valence-corrected chi connectivity index (χ0v) is 14.0. The number of nitrogens with one attached hydrogen (secondary N) is 2. The number of ether oxygens (including phenoxy) is 1. The lowest BCUT2D eigenvalue weighted by molar-refractivity contribution is -0.124. The highest BCUT2D eigenvalue weighted by molar-refractivity contribution is 7.13. The van der Waals surface area contributed by atoms with Crippen molar-refractivity contribution in [3.63, 3.8) is 0 Å². The summed E-state index contributed by atoms with van der Waals surface area (Å²) in [5.74, 6) is -0.964. The Balaban J connectivity index is 1.81. The highest BCUT2D eigenvalue weighted by Crippen LogP contribution is 2.21. The summed E-state index contributed by atoms with van der Waals surface area (Å²) in [4.78, 5) is 23.6. The van der Waals surface area contributed by atoms with Crippen LogP contribution in [-0.2, 0) is 9.59 Å². The zero-order valence-electron chi connectivity index (χ0n) is 13.2. The van der Waals surface area contributed by atoms with Crippen LogP contribution < -0.4 is 15.4 Å². The van der Waals surface area contributed by atoms with Crippen molar-refractivity contribution in [2.24, 2.45) is 0 Å². The molecule has 9 heteroatoms. The highest BCUT2D eigenvalue weighted by Gasteiger charge is 2.14. The second kappa shape index (κ2) is 8.34. The monoisotopic (exact) mass is 352 g/mol. The standard InChI is InChI=1S/C15H17FN4O3S/c1-9(10-3-4-12(23-2)11(16)7-10)18-13(21)5-6-14(22)19-15-20-17-8-24-15/h3-4,7-9H,5-6H2,1-2H3,(H,18,21)(H,19,20,22). The Bertz CT molecular complexity index is 709. The number of benzene rings is 1. The molecule has 1 unspecified atom stereocenters. The number of aromatic nitrogens is 2. The van der Waals surface area contributed by atoms with Gasteiger partial charge in [-0.25, -0.2) is 4.39 Å². The fraction of sp³-hybridized carbons (Fsp3) is 0.333. The molecule has 1 atom stereocenters. The molecule has 2 aromatic rings. The molecule has 2 rings (SSSR count). The van der Waals surface area contributed by atoms with Crippen molar-refractivity contribution >= 4 is 28.3 Å². The summed E-state index contributed by atoms with van der Waals surface area (Å²) < 4.78 is 18.5.